The largest absolute Gasteiger partial charge is 0.383 e. The molecule has 0 bridgehead atoms. The number of hydrogen-bond acceptors (Lipinski definition) is 4. The zero-order valence-electron chi connectivity index (χ0n) is 7.58. The van der Waals surface area contributed by atoms with Gasteiger partial charge >= 0.3 is 0 Å². The molecule has 0 saturated carbocycles. The van der Waals surface area contributed by atoms with Crippen LogP contribution in [0.4, 0.5) is 0 Å². The summed E-state index contributed by atoms with van der Waals surface area (Å²) in [7, 11) is 1.45. The number of ether oxygens (including phenoxy) is 1. The lowest BCUT2D eigenvalue weighted by Crippen LogP contribution is -2.44. The van der Waals surface area contributed by atoms with Gasteiger partial charge in [0.05, 0.1) is 6.61 Å². The van der Waals surface area contributed by atoms with E-state index in [4.69, 9.17) is 11.5 Å². The minimum Gasteiger partial charge on any atom is -0.383 e. The number of carbonyl (C=O) groups is 2. The number of hydrogen-bond donors (Lipinski definition) is 3. The van der Waals surface area contributed by atoms with Crippen LogP contribution in [0.1, 0.15) is 6.42 Å². The second kappa shape index (κ2) is 6.38. The van der Waals surface area contributed by atoms with Crippen molar-refractivity contribution in [2.75, 3.05) is 20.3 Å². The molecule has 0 aromatic carbocycles. The average Bonchev–Trinajstić information content (AvgIpc) is 2.04. The maximum atomic E-state index is 11.0. The van der Waals surface area contributed by atoms with Gasteiger partial charge in [0, 0.05) is 20.1 Å². The summed E-state index contributed by atoms with van der Waals surface area (Å²) >= 11 is 0. The zero-order chi connectivity index (χ0) is 10.3. The van der Waals surface area contributed by atoms with Gasteiger partial charge in [-0.1, -0.05) is 0 Å². The topological polar surface area (TPSA) is 107 Å². The minimum atomic E-state index is -0.696. The molecule has 13 heavy (non-hydrogen) atoms. The molecule has 1 atom stereocenters. The van der Waals surface area contributed by atoms with Crippen LogP contribution < -0.4 is 16.8 Å². The van der Waals surface area contributed by atoms with Gasteiger partial charge < -0.3 is 21.5 Å². The Morgan fingerprint density at radius 1 is 1.54 bits per heavy atom. The highest BCUT2D eigenvalue weighted by molar-refractivity contribution is 5.82. The first-order valence-electron chi connectivity index (χ1n) is 3.88. The molecule has 76 valence electrons. The first-order chi connectivity index (χ1) is 6.07. The number of primary amides is 1. The molecule has 0 heterocycles. The van der Waals surface area contributed by atoms with Gasteiger partial charge in [-0.2, -0.15) is 0 Å². The Balaban J connectivity index is 3.55. The van der Waals surface area contributed by atoms with Crippen molar-refractivity contribution in [3.8, 4) is 0 Å². The van der Waals surface area contributed by atoms with E-state index in [0.717, 1.165) is 0 Å². The van der Waals surface area contributed by atoms with Crippen LogP contribution in [0.3, 0.4) is 0 Å². The van der Waals surface area contributed by atoms with Crippen molar-refractivity contribution in [2.45, 2.75) is 12.5 Å². The van der Waals surface area contributed by atoms with Crippen molar-refractivity contribution in [2.24, 2.45) is 11.5 Å². The van der Waals surface area contributed by atoms with E-state index in [1.807, 2.05) is 0 Å². The van der Waals surface area contributed by atoms with Gasteiger partial charge in [0.15, 0.2) is 0 Å². The number of methoxy groups -OCH3 is 1. The van der Waals surface area contributed by atoms with Gasteiger partial charge in [-0.25, -0.2) is 0 Å². The molecule has 0 rings (SSSR count). The van der Waals surface area contributed by atoms with Gasteiger partial charge in [0.1, 0.15) is 6.04 Å². The normalized spacial score (nSPS) is 12.2. The van der Waals surface area contributed by atoms with E-state index in [9.17, 15) is 9.59 Å². The molecule has 5 N–H and O–H groups in total. The van der Waals surface area contributed by atoms with Gasteiger partial charge in [-0.15, -0.1) is 0 Å². The summed E-state index contributed by atoms with van der Waals surface area (Å²) in [5.74, 6) is -0.802. The monoisotopic (exact) mass is 189 g/mol. The summed E-state index contributed by atoms with van der Waals surface area (Å²) in [6.45, 7) is 0.369. The summed E-state index contributed by atoms with van der Waals surface area (Å²) in [5, 5.41) is 2.45. The molecule has 0 spiro atoms. The Kier molecular flexibility index (Phi) is 5.82. The molecule has 6 nitrogen and oxygen atoms in total. The maximum Gasteiger partial charge on any atom is 0.239 e. The number of nitrogens with two attached hydrogens (primary N) is 2. The van der Waals surface area contributed by atoms with Gasteiger partial charge in [-0.3, -0.25) is 9.59 Å². The third kappa shape index (κ3) is 6.06. The second-order valence-electron chi connectivity index (χ2n) is 2.57. The van der Waals surface area contributed by atoms with Crippen LogP contribution in [-0.4, -0.2) is 38.1 Å². The van der Waals surface area contributed by atoms with Gasteiger partial charge in [0.2, 0.25) is 11.8 Å². The summed E-state index contributed by atoms with van der Waals surface area (Å²) in [6, 6.07) is -0.696. The number of rotatable bonds is 6. The lowest BCUT2D eigenvalue weighted by molar-refractivity contribution is -0.123. The number of carbonyl (C=O) groups excluding carboxylic acids is 2. The molecule has 6 heteroatoms. The number of amides is 2. The maximum absolute atomic E-state index is 11.0. The quantitative estimate of drug-likeness (QED) is 0.447. The molecule has 0 radical (unpaired) electrons. The van der Waals surface area contributed by atoms with Crippen molar-refractivity contribution in [3.05, 3.63) is 0 Å². The third-order valence-electron chi connectivity index (χ3n) is 1.35. The van der Waals surface area contributed by atoms with Crippen molar-refractivity contribution in [1.82, 2.24) is 5.32 Å². The summed E-state index contributed by atoms with van der Waals surface area (Å²) in [5.41, 5.74) is 10.3. The Labute approximate surface area is 76.6 Å². The molecule has 0 aromatic heterocycles. The van der Waals surface area contributed by atoms with E-state index >= 15 is 0 Å². The standard InChI is InChI=1S/C7H15N3O3/c1-13-4-5(8)7(12)10-3-2-6(9)11/h5H,2-4,8H2,1H3,(H2,9,11)(H,10,12). The van der Waals surface area contributed by atoms with Crippen LogP contribution in [-0.2, 0) is 14.3 Å². The van der Waals surface area contributed by atoms with Gasteiger partial charge in [-0.05, 0) is 0 Å². The van der Waals surface area contributed by atoms with Crippen molar-refractivity contribution >= 4 is 11.8 Å². The van der Waals surface area contributed by atoms with Crippen LogP contribution in [0, 0.1) is 0 Å². The van der Waals surface area contributed by atoms with Crippen LogP contribution in [0.25, 0.3) is 0 Å². The molecule has 2 amide bonds. The zero-order valence-corrected chi connectivity index (χ0v) is 7.58. The molecule has 0 aliphatic carbocycles. The smallest absolute Gasteiger partial charge is 0.239 e. The summed E-state index contributed by atoms with van der Waals surface area (Å²) < 4.78 is 4.67. The van der Waals surface area contributed by atoms with E-state index in [0.29, 0.717) is 0 Å². The molecular weight excluding hydrogens is 174 g/mol. The molecule has 0 aliphatic rings. The predicted octanol–water partition coefficient (Wildman–Crippen LogP) is -2.05. The van der Waals surface area contributed by atoms with E-state index in [2.05, 4.69) is 10.1 Å². The molecule has 1 unspecified atom stereocenters. The Hall–Kier alpha value is -1.14. The molecule has 0 aromatic rings. The van der Waals surface area contributed by atoms with Crippen molar-refractivity contribution < 1.29 is 14.3 Å². The Morgan fingerprint density at radius 2 is 2.15 bits per heavy atom. The Bertz CT molecular complexity index is 184. The fourth-order valence-electron chi connectivity index (χ4n) is 0.695. The Morgan fingerprint density at radius 3 is 2.62 bits per heavy atom. The van der Waals surface area contributed by atoms with Crippen LogP contribution in [0.15, 0.2) is 0 Å². The SMILES string of the molecule is COCC(N)C(=O)NCCC(N)=O. The molecule has 0 fully saturated rings. The second-order valence-corrected chi connectivity index (χ2v) is 2.57. The first-order valence-corrected chi connectivity index (χ1v) is 3.88. The highest BCUT2D eigenvalue weighted by Gasteiger charge is 2.11. The van der Waals surface area contributed by atoms with Crippen LogP contribution >= 0.6 is 0 Å². The van der Waals surface area contributed by atoms with E-state index < -0.39 is 11.9 Å². The minimum absolute atomic E-state index is 0.117. The third-order valence-corrected chi connectivity index (χ3v) is 1.35. The fourth-order valence-corrected chi connectivity index (χ4v) is 0.695. The molecule has 0 aliphatic heterocycles. The van der Waals surface area contributed by atoms with E-state index in [1.54, 1.807) is 0 Å². The predicted molar refractivity (Wildman–Crippen MR) is 46.7 cm³/mol. The first kappa shape index (κ1) is 11.9. The van der Waals surface area contributed by atoms with Crippen molar-refractivity contribution in [1.29, 1.82) is 0 Å². The lowest BCUT2D eigenvalue weighted by Gasteiger charge is -2.09. The van der Waals surface area contributed by atoms with Crippen molar-refractivity contribution in [3.63, 3.8) is 0 Å². The fraction of sp³-hybridized carbons (Fsp3) is 0.714. The molecular formula is C7H15N3O3. The van der Waals surface area contributed by atoms with E-state index in [1.165, 1.54) is 7.11 Å². The van der Waals surface area contributed by atoms with Gasteiger partial charge in [0.25, 0.3) is 0 Å². The highest BCUT2D eigenvalue weighted by Crippen LogP contribution is 1.81. The van der Waals surface area contributed by atoms with E-state index in [-0.39, 0.29) is 25.5 Å². The highest BCUT2D eigenvalue weighted by atomic mass is 16.5. The average molecular weight is 189 g/mol. The molecule has 0 saturated heterocycles. The summed E-state index contributed by atoms with van der Waals surface area (Å²) in [4.78, 5) is 21.3. The van der Waals surface area contributed by atoms with Crippen LogP contribution in [0.5, 0.6) is 0 Å². The lowest BCUT2D eigenvalue weighted by atomic mass is 10.3. The van der Waals surface area contributed by atoms with Crippen LogP contribution in [0.2, 0.25) is 0 Å². The summed E-state index contributed by atoms with van der Waals surface area (Å²) in [6.07, 6.45) is 0.117. The number of nitrogens with one attached hydrogen (secondary N) is 1.